The van der Waals surface area contributed by atoms with Crippen molar-refractivity contribution in [3.8, 4) is 0 Å². The van der Waals surface area contributed by atoms with Gasteiger partial charge in [0.05, 0.1) is 0 Å². The highest BCUT2D eigenvalue weighted by Gasteiger charge is 2.20. The minimum atomic E-state index is 0.476. The number of hydrogen-bond acceptors (Lipinski definition) is 0. The second kappa shape index (κ2) is 5.34. The van der Waals surface area contributed by atoms with Gasteiger partial charge in [-0.1, -0.05) is 64.4 Å². The number of hydrogen-bond donors (Lipinski definition) is 0. The fraction of sp³-hybridized carbons (Fsp3) is 0.600. The zero-order valence-electron chi connectivity index (χ0n) is 10.6. The van der Waals surface area contributed by atoms with Crippen LogP contribution in [0, 0.1) is 5.41 Å². The van der Waals surface area contributed by atoms with E-state index < -0.39 is 0 Å². The van der Waals surface area contributed by atoms with E-state index in [2.05, 4.69) is 58.0 Å². The highest BCUT2D eigenvalue weighted by Crippen LogP contribution is 2.34. The maximum Gasteiger partial charge on any atom is -0.0185 e. The van der Waals surface area contributed by atoms with Crippen molar-refractivity contribution in [3.05, 3.63) is 35.9 Å². The molecule has 1 unspecified atom stereocenters. The van der Waals surface area contributed by atoms with E-state index >= 15 is 0 Å². The standard InChI is InChI=1S/C15H24/c1-5-11-15(3,4)12-13(2)14-9-7-6-8-10-14/h6-10,13H,5,11-12H2,1-4H3. The Hall–Kier alpha value is -0.780. The predicted octanol–water partition coefficient (Wildman–Crippen LogP) is 5.01. The second-order valence-corrected chi connectivity index (χ2v) is 5.43. The number of benzene rings is 1. The zero-order chi connectivity index (χ0) is 11.3. The quantitative estimate of drug-likeness (QED) is 0.632. The van der Waals surface area contributed by atoms with Gasteiger partial charge in [0.1, 0.15) is 0 Å². The molecule has 0 amide bonds. The summed E-state index contributed by atoms with van der Waals surface area (Å²) in [6.45, 7) is 9.38. The lowest BCUT2D eigenvalue weighted by atomic mass is 9.78. The lowest BCUT2D eigenvalue weighted by Gasteiger charge is -2.27. The minimum absolute atomic E-state index is 0.476. The van der Waals surface area contributed by atoms with Gasteiger partial charge in [-0.05, 0) is 29.7 Å². The highest BCUT2D eigenvalue weighted by atomic mass is 14.3. The Kier molecular flexibility index (Phi) is 4.38. The molecular weight excluding hydrogens is 180 g/mol. The van der Waals surface area contributed by atoms with E-state index in [9.17, 15) is 0 Å². The van der Waals surface area contributed by atoms with Gasteiger partial charge in [-0.3, -0.25) is 0 Å². The Bertz CT molecular complexity index is 271. The average molecular weight is 204 g/mol. The van der Waals surface area contributed by atoms with Crippen LogP contribution in [0.3, 0.4) is 0 Å². The van der Waals surface area contributed by atoms with E-state index in [4.69, 9.17) is 0 Å². The van der Waals surface area contributed by atoms with Crippen molar-refractivity contribution < 1.29 is 0 Å². The summed E-state index contributed by atoms with van der Waals surface area (Å²) in [5, 5.41) is 0. The molecule has 0 fully saturated rings. The molecule has 0 heterocycles. The van der Waals surface area contributed by atoms with Crippen LogP contribution in [0.1, 0.15) is 58.4 Å². The van der Waals surface area contributed by atoms with Gasteiger partial charge in [-0.25, -0.2) is 0 Å². The smallest absolute Gasteiger partial charge is 0.0185 e. The van der Waals surface area contributed by atoms with E-state index in [-0.39, 0.29) is 0 Å². The summed E-state index contributed by atoms with van der Waals surface area (Å²) in [7, 11) is 0. The Morgan fingerprint density at radius 1 is 1.13 bits per heavy atom. The Balaban J connectivity index is 2.59. The molecule has 0 heteroatoms. The summed E-state index contributed by atoms with van der Waals surface area (Å²) in [6.07, 6.45) is 3.89. The van der Waals surface area contributed by atoms with Crippen LogP contribution in [-0.4, -0.2) is 0 Å². The molecule has 15 heavy (non-hydrogen) atoms. The van der Waals surface area contributed by atoms with Gasteiger partial charge in [0.15, 0.2) is 0 Å². The second-order valence-electron chi connectivity index (χ2n) is 5.43. The molecule has 0 aromatic heterocycles. The van der Waals surface area contributed by atoms with Crippen molar-refractivity contribution >= 4 is 0 Å². The van der Waals surface area contributed by atoms with Crippen molar-refractivity contribution in [1.29, 1.82) is 0 Å². The molecule has 0 aliphatic rings. The van der Waals surface area contributed by atoms with Crippen molar-refractivity contribution in [1.82, 2.24) is 0 Å². The summed E-state index contributed by atoms with van der Waals surface area (Å²) < 4.78 is 0. The van der Waals surface area contributed by atoms with Crippen LogP contribution in [0.2, 0.25) is 0 Å². The molecule has 0 bridgehead atoms. The summed E-state index contributed by atoms with van der Waals surface area (Å²) in [4.78, 5) is 0. The van der Waals surface area contributed by atoms with Crippen LogP contribution in [-0.2, 0) is 0 Å². The van der Waals surface area contributed by atoms with E-state index in [1.54, 1.807) is 0 Å². The molecule has 0 aliphatic carbocycles. The van der Waals surface area contributed by atoms with Crippen LogP contribution in [0.5, 0.6) is 0 Å². The fourth-order valence-corrected chi connectivity index (χ4v) is 2.51. The molecule has 84 valence electrons. The average Bonchev–Trinajstić information content (AvgIpc) is 2.18. The number of rotatable bonds is 5. The summed E-state index contributed by atoms with van der Waals surface area (Å²) >= 11 is 0. The summed E-state index contributed by atoms with van der Waals surface area (Å²) in [5.74, 6) is 0.674. The lowest BCUT2D eigenvalue weighted by Crippen LogP contribution is -2.14. The molecule has 0 saturated heterocycles. The summed E-state index contributed by atoms with van der Waals surface area (Å²) in [6, 6.07) is 10.9. The third-order valence-electron chi connectivity index (χ3n) is 3.15. The van der Waals surface area contributed by atoms with Gasteiger partial charge in [-0.2, -0.15) is 0 Å². The van der Waals surface area contributed by atoms with Gasteiger partial charge >= 0.3 is 0 Å². The van der Waals surface area contributed by atoms with Crippen LogP contribution in [0.15, 0.2) is 30.3 Å². The van der Waals surface area contributed by atoms with Crippen LogP contribution < -0.4 is 0 Å². The van der Waals surface area contributed by atoms with E-state index in [0.29, 0.717) is 11.3 Å². The van der Waals surface area contributed by atoms with Crippen molar-refractivity contribution in [2.45, 2.75) is 52.9 Å². The lowest BCUT2D eigenvalue weighted by molar-refractivity contribution is 0.284. The molecule has 0 saturated carbocycles. The first-order valence-electron chi connectivity index (χ1n) is 6.10. The zero-order valence-corrected chi connectivity index (χ0v) is 10.6. The third-order valence-corrected chi connectivity index (χ3v) is 3.15. The van der Waals surface area contributed by atoms with E-state index in [1.165, 1.54) is 24.8 Å². The van der Waals surface area contributed by atoms with Gasteiger partial charge < -0.3 is 0 Å². The first-order valence-corrected chi connectivity index (χ1v) is 6.10. The first-order chi connectivity index (χ1) is 7.05. The Labute approximate surface area is 94.7 Å². The molecule has 0 radical (unpaired) electrons. The third kappa shape index (κ3) is 4.07. The highest BCUT2D eigenvalue weighted by molar-refractivity contribution is 5.18. The monoisotopic (exact) mass is 204 g/mol. The van der Waals surface area contributed by atoms with Gasteiger partial charge in [0, 0.05) is 0 Å². The predicted molar refractivity (Wildman–Crippen MR) is 68.2 cm³/mol. The molecule has 0 nitrogen and oxygen atoms in total. The maximum atomic E-state index is 2.38. The molecular formula is C15H24. The largest absolute Gasteiger partial charge is 0.0654 e. The molecule has 0 aliphatic heterocycles. The van der Waals surface area contributed by atoms with Crippen LogP contribution >= 0.6 is 0 Å². The Morgan fingerprint density at radius 3 is 2.27 bits per heavy atom. The van der Waals surface area contributed by atoms with Gasteiger partial charge in [0.2, 0.25) is 0 Å². The molecule has 1 atom stereocenters. The first kappa shape index (κ1) is 12.3. The molecule has 1 aromatic carbocycles. The van der Waals surface area contributed by atoms with E-state index in [1.807, 2.05) is 0 Å². The van der Waals surface area contributed by atoms with Crippen molar-refractivity contribution in [3.63, 3.8) is 0 Å². The molecule has 0 spiro atoms. The Morgan fingerprint density at radius 2 is 1.73 bits per heavy atom. The van der Waals surface area contributed by atoms with E-state index in [0.717, 1.165) is 0 Å². The SMILES string of the molecule is CCCC(C)(C)CC(C)c1ccccc1. The van der Waals surface area contributed by atoms with Crippen LogP contribution in [0.25, 0.3) is 0 Å². The summed E-state index contributed by atoms with van der Waals surface area (Å²) in [5.41, 5.74) is 1.95. The normalized spacial score (nSPS) is 13.9. The molecule has 1 aromatic rings. The van der Waals surface area contributed by atoms with Crippen LogP contribution in [0.4, 0.5) is 0 Å². The molecule has 1 rings (SSSR count). The van der Waals surface area contributed by atoms with Crippen molar-refractivity contribution in [2.24, 2.45) is 5.41 Å². The maximum absolute atomic E-state index is 2.38. The van der Waals surface area contributed by atoms with Gasteiger partial charge in [-0.15, -0.1) is 0 Å². The van der Waals surface area contributed by atoms with Crippen molar-refractivity contribution in [2.75, 3.05) is 0 Å². The molecule has 0 N–H and O–H groups in total. The fourth-order valence-electron chi connectivity index (χ4n) is 2.51. The van der Waals surface area contributed by atoms with Gasteiger partial charge in [0.25, 0.3) is 0 Å². The topological polar surface area (TPSA) is 0 Å². The minimum Gasteiger partial charge on any atom is -0.0654 e.